The van der Waals surface area contributed by atoms with Crippen molar-refractivity contribution in [3.63, 3.8) is 0 Å². The molecule has 2 atom stereocenters. The summed E-state index contributed by atoms with van der Waals surface area (Å²) in [7, 11) is 0. The molecule has 4 aromatic rings. The number of fused-ring (bicyclic) bond motifs is 1. The first-order valence-electron chi connectivity index (χ1n) is 10.8. The zero-order valence-electron chi connectivity index (χ0n) is 17.3. The highest BCUT2D eigenvalue weighted by Crippen LogP contribution is 2.39. The molecule has 4 heteroatoms. The van der Waals surface area contributed by atoms with Gasteiger partial charge in [0.2, 0.25) is 0 Å². The average molecular weight is 428 g/mol. The fraction of sp³-hybridized carbons (Fsp3) is 0.222. The van der Waals surface area contributed by atoms with E-state index in [4.69, 9.17) is 0 Å². The van der Waals surface area contributed by atoms with Gasteiger partial charge < -0.3 is 5.11 Å². The van der Waals surface area contributed by atoms with Crippen molar-refractivity contribution in [2.45, 2.75) is 18.9 Å². The Morgan fingerprint density at radius 2 is 1.65 bits per heavy atom. The van der Waals surface area contributed by atoms with Crippen LogP contribution in [0.3, 0.4) is 0 Å². The van der Waals surface area contributed by atoms with E-state index in [-0.39, 0.29) is 12.0 Å². The monoisotopic (exact) mass is 427 g/mol. The van der Waals surface area contributed by atoms with Gasteiger partial charge in [-0.3, -0.25) is 9.69 Å². The van der Waals surface area contributed by atoms with Gasteiger partial charge in [-0.25, -0.2) is 0 Å². The highest BCUT2D eigenvalue weighted by Gasteiger charge is 2.32. The van der Waals surface area contributed by atoms with Crippen LogP contribution in [0.4, 0.5) is 0 Å². The minimum atomic E-state index is -0.682. The summed E-state index contributed by atoms with van der Waals surface area (Å²) in [5, 5.41) is 13.2. The van der Waals surface area contributed by atoms with Crippen molar-refractivity contribution < 1.29 is 9.90 Å². The van der Waals surface area contributed by atoms with E-state index in [2.05, 4.69) is 83.1 Å². The van der Waals surface area contributed by atoms with Crippen LogP contribution in [-0.2, 0) is 4.79 Å². The van der Waals surface area contributed by atoms with Crippen LogP contribution in [0, 0.1) is 5.92 Å². The lowest BCUT2D eigenvalue weighted by Gasteiger charge is -2.37. The Labute approximate surface area is 186 Å². The summed E-state index contributed by atoms with van der Waals surface area (Å²) < 4.78 is 1.27. The van der Waals surface area contributed by atoms with Gasteiger partial charge in [-0.1, -0.05) is 72.8 Å². The Balaban J connectivity index is 1.56. The Morgan fingerprint density at radius 1 is 0.935 bits per heavy atom. The van der Waals surface area contributed by atoms with E-state index in [0.717, 1.165) is 19.4 Å². The lowest BCUT2D eigenvalue weighted by atomic mass is 9.90. The number of hydrogen-bond donors (Lipinski definition) is 1. The number of rotatable bonds is 5. The van der Waals surface area contributed by atoms with Crippen molar-refractivity contribution in [2.75, 3.05) is 13.1 Å². The van der Waals surface area contributed by atoms with Crippen LogP contribution in [-0.4, -0.2) is 29.1 Å². The van der Waals surface area contributed by atoms with E-state index < -0.39 is 5.97 Å². The van der Waals surface area contributed by atoms with Gasteiger partial charge in [-0.05, 0) is 58.5 Å². The zero-order chi connectivity index (χ0) is 21.2. The first kappa shape index (κ1) is 20.0. The lowest BCUT2D eigenvalue weighted by molar-refractivity contribution is -0.143. The molecule has 0 bridgehead atoms. The number of piperidine rings is 1. The van der Waals surface area contributed by atoms with Gasteiger partial charge in [0.05, 0.1) is 12.0 Å². The summed E-state index contributed by atoms with van der Waals surface area (Å²) >= 11 is 1.77. The normalized spacial score (nSPS) is 18.1. The number of hydrogen-bond acceptors (Lipinski definition) is 3. The smallest absolute Gasteiger partial charge is 0.307 e. The number of carbonyl (C=O) groups is 1. The van der Waals surface area contributed by atoms with Crippen LogP contribution >= 0.6 is 11.3 Å². The average Bonchev–Trinajstić information content (AvgIpc) is 3.24. The Morgan fingerprint density at radius 3 is 2.42 bits per heavy atom. The van der Waals surface area contributed by atoms with Gasteiger partial charge in [0.25, 0.3) is 0 Å². The van der Waals surface area contributed by atoms with E-state index in [1.807, 2.05) is 6.07 Å². The molecular weight excluding hydrogens is 402 g/mol. The Kier molecular flexibility index (Phi) is 5.58. The van der Waals surface area contributed by atoms with Crippen molar-refractivity contribution >= 4 is 27.4 Å². The lowest BCUT2D eigenvalue weighted by Crippen LogP contribution is -2.41. The van der Waals surface area contributed by atoms with Crippen molar-refractivity contribution in [3.05, 3.63) is 95.4 Å². The molecule has 0 amide bonds. The third-order valence-electron chi connectivity index (χ3n) is 6.31. The molecule has 1 aromatic heterocycles. The predicted octanol–water partition coefficient (Wildman–Crippen LogP) is 6.45. The minimum Gasteiger partial charge on any atom is -0.481 e. The van der Waals surface area contributed by atoms with E-state index in [9.17, 15) is 9.90 Å². The third kappa shape index (κ3) is 4.01. The molecule has 5 rings (SSSR count). The van der Waals surface area contributed by atoms with E-state index in [0.29, 0.717) is 6.54 Å². The molecular formula is C27H25NO2S. The van der Waals surface area contributed by atoms with Gasteiger partial charge in [0, 0.05) is 11.2 Å². The van der Waals surface area contributed by atoms with Gasteiger partial charge in [-0.2, -0.15) is 0 Å². The summed E-state index contributed by atoms with van der Waals surface area (Å²) in [6.45, 7) is 1.50. The van der Waals surface area contributed by atoms with Gasteiger partial charge >= 0.3 is 5.97 Å². The molecule has 1 saturated heterocycles. The molecule has 1 aliphatic rings. The minimum absolute atomic E-state index is 0.0584. The molecule has 1 aliphatic heterocycles. The van der Waals surface area contributed by atoms with Gasteiger partial charge in [0.1, 0.15) is 0 Å². The molecule has 1 fully saturated rings. The third-order valence-corrected chi connectivity index (χ3v) is 7.29. The Hall–Kier alpha value is -2.95. The predicted molar refractivity (Wildman–Crippen MR) is 127 cm³/mol. The molecule has 2 unspecified atom stereocenters. The molecule has 2 heterocycles. The largest absolute Gasteiger partial charge is 0.481 e. The second-order valence-electron chi connectivity index (χ2n) is 8.25. The molecule has 156 valence electrons. The second kappa shape index (κ2) is 8.66. The molecule has 0 spiro atoms. The van der Waals surface area contributed by atoms with Crippen LogP contribution in [0.5, 0.6) is 0 Å². The first-order chi connectivity index (χ1) is 15.2. The first-order valence-corrected chi connectivity index (χ1v) is 11.7. The van der Waals surface area contributed by atoms with Crippen molar-refractivity contribution in [2.24, 2.45) is 5.92 Å². The van der Waals surface area contributed by atoms with E-state index in [1.165, 1.54) is 32.3 Å². The highest BCUT2D eigenvalue weighted by atomic mass is 32.1. The Bertz CT molecular complexity index is 1180. The number of nitrogens with zero attached hydrogens (tertiary/aromatic N) is 1. The molecule has 0 radical (unpaired) electrons. The summed E-state index contributed by atoms with van der Waals surface area (Å²) in [5.74, 6) is -0.984. The second-order valence-corrected chi connectivity index (χ2v) is 9.16. The number of thiophene rings is 1. The summed E-state index contributed by atoms with van der Waals surface area (Å²) in [5.41, 5.74) is 4.89. The van der Waals surface area contributed by atoms with E-state index in [1.54, 1.807) is 11.3 Å². The molecule has 31 heavy (non-hydrogen) atoms. The molecule has 0 aliphatic carbocycles. The summed E-state index contributed by atoms with van der Waals surface area (Å²) in [4.78, 5) is 14.1. The van der Waals surface area contributed by atoms with Crippen LogP contribution in [0.15, 0.2) is 84.2 Å². The van der Waals surface area contributed by atoms with Crippen LogP contribution in [0.1, 0.15) is 30.0 Å². The number of benzene rings is 3. The molecule has 3 aromatic carbocycles. The van der Waals surface area contributed by atoms with Crippen LogP contribution < -0.4 is 0 Å². The van der Waals surface area contributed by atoms with Crippen molar-refractivity contribution in [1.29, 1.82) is 0 Å². The van der Waals surface area contributed by atoms with Gasteiger partial charge in [-0.15, -0.1) is 11.3 Å². The maximum absolute atomic E-state index is 11.7. The van der Waals surface area contributed by atoms with Gasteiger partial charge in [0.15, 0.2) is 0 Å². The molecule has 3 nitrogen and oxygen atoms in total. The zero-order valence-corrected chi connectivity index (χ0v) is 18.1. The fourth-order valence-corrected chi connectivity index (χ4v) is 5.71. The SMILES string of the molecule is O=C(O)C1CCCN(C(c2ccc(-c3ccccc3)cc2)c2csc3ccccc23)C1. The highest BCUT2D eigenvalue weighted by molar-refractivity contribution is 7.17. The van der Waals surface area contributed by atoms with E-state index >= 15 is 0 Å². The standard InChI is InChI=1S/C27H25NO2S/c29-27(30)22-9-6-16-28(17-22)26(24-18-31-25-11-5-4-10-23(24)25)21-14-12-20(13-15-21)19-7-2-1-3-8-19/h1-5,7-8,10-15,18,22,26H,6,9,16-17H2,(H,29,30). The number of carboxylic acids is 1. The van der Waals surface area contributed by atoms with Crippen LogP contribution in [0.25, 0.3) is 21.2 Å². The molecule has 0 saturated carbocycles. The maximum atomic E-state index is 11.7. The summed E-state index contributed by atoms with van der Waals surface area (Å²) in [6, 6.07) is 27.8. The number of aliphatic carboxylic acids is 1. The molecule has 1 N–H and O–H groups in total. The van der Waals surface area contributed by atoms with Crippen molar-refractivity contribution in [1.82, 2.24) is 4.90 Å². The van der Waals surface area contributed by atoms with Crippen molar-refractivity contribution in [3.8, 4) is 11.1 Å². The fourth-order valence-electron chi connectivity index (χ4n) is 4.73. The quantitative estimate of drug-likeness (QED) is 0.398. The van der Waals surface area contributed by atoms with Crippen LogP contribution in [0.2, 0.25) is 0 Å². The summed E-state index contributed by atoms with van der Waals surface area (Å²) in [6.07, 6.45) is 1.67. The number of likely N-dealkylation sites (tertiary alicyclic amines) is 1. The topological polar surface area (TPSA) is 40.5 Å². The maximum Gasteiger partial charge on any atom is 0.307 e. The number of carboxylic acid groups (broad SMARTS) is 1.